The maximum atomic E-state index is 12.3. The highest BCUT2D eigenvalue weighted by Crippen LogP contribution is 2.21. The van der Waals surface area contributed by atoms with Crippen molar-refractivity contribution >= 4 is 33.6 Å². The molecule has 0 bridgehead atoms. The number of nitrogens with one attached hydrogen (secondary N) is 2. The molecule has 3 rings (SSSR count). The fourth-order valence-corrected chi connectivity index (χ4v) is 3.20. The lowest BCUT2D eigenvalue weighted by Crippen LogP contribution is -2.47. The van der Waals surface area contributed by atoms with Crippen molar-refractivity contribution in [1.29, 1.82) is 0 Å². The molecule has 1 aliphatic rings. The normalized spacial score (nSPS) is 15.0. The van der Waals surface area contributed by atoms with Gasteiger partial charge in [0.2, 0.25) is 0 Å². The second-order valence-electron chi connectivity index (χ2n) is 6.14. The first-order chi connectivity index (χ1) is 12.0. The second kappa shape index (κ2) is 7.74. The summed E-state index contributed by atoms with van der Waals surface area (Å²) < 4.78 is 5.91. The highest BCUT2D eigenvalue weighted by Gasteiger charge is 2.25. The predicted octanol–water partition coefficient (Wildman–Crippen LogP) is 3.78. The van der Waals surface area contributed by atoms with E-state index in [2.05, 4.69) is 26.6 Å². The van der Waals surface area contributed by atoms with Crippen molar-refractivity contribution in [3.63, 3.8) is 0 Å². The number of halogens is 1. The Hall–Kier alpha value is -2.28. The maximum Gasteiger partial charge on any atom is 0.319 e. The van der Waals surface area contributed by atoms with Gasteiger partial charge in [-0.15, -0.1) is 0 Å². The number of aryl methyl sites for hydroxylation is 1. The molecule has 7 heteroatoms. The lowest BCUT2D eigenvalue weighted by molar-refractivity contribution is 0.0708. The summed E-state index contributed by atoms with van der Waals surface area (Å²) in [6.07, 6.45) is 4.42. The van der Waals surface area contributed by atoms with E-state index in [-0.39, 0.29) is 18.0 Å². The first kappa shape index (κ1) is 17.5. The number of amides is 3. The van der Waals surface area contributed by atoms with Crippen LogP contribution >= 0.6 is 15.9 Å². The van der Waals surface area contributed by atoms with Crippen LogP contribution in [0.5, 0.6) is 0 Å². The molecule has 1 aromatic heterocycles. The van der Waals surface area contributed by atoms with Gasteiger partial charge >= 0.3 is 6.03 Å². The van der Waals surface area contributed by atoms with Crippen LogP contribution in [-0.4, -0.2) is 36.0 Å². The minimum Gasteiger partial charge on any atom is -0.472 e. The molecule has 1 aliphatic heterocycles. The number of benzene rings is 1. The highest BCUT2D eigenvalue weighted by atomic mass is 79.9. The highest BCUT2D eigenvalue weighted by molar-refractivity contribution is 9.10. The fraction of sp³-hybridized carbons (Fsp3) is 0.333. The lowest BCUT2D eigenvalue weighted by Gasteiger charge is -2.32. The maximum absolute atomic E-state index is 12.3. The standard InChI is InChI=1S/C18H20BrN3O3/c1-12-2-3-15(10-16(12)19)21-18(24)20-14-4-7-22(8-5-14)17(23)13-6-9-25-11-13/h2-3,6,9-11,14H,4-5,7-8H2,1H3,(H2,20,21,24). The van der Waals surface area contributed by atoms with E-state index in [0.717, 1.165) is 28.6 Å². The molecule has 2 aromatic rings. The van der Waals surface area contributed by atoms with Crippen molar-refractivity contribution < 1.29 is 14.0 Å². The van der Waals surface area contributed by atoms with Crippen molar-refractivity contribution in [2.45, 2.75) is 25.8 Å². The van der Waals surface area contributed by atoms with Gasteiger partial charge in [0, 0.05) is 29.3 Å². The molecule has 2 heterocycles. The minimum atomic E-state index is -0.227. The van der Waals surface area contributed by atoms with Crippen LogP contribution < -0.4 is 10.6 Å². The van der Waals surface area contributed by atoms with E-state index in [4.69, 9.17) is 4.42 Å². The zero-order valence-corrected chi connectivity index (χ0v) is 15.5. The summed E-state index contributed by atoms with van der Waals surface area (Å²) in [5, 5.41) is 5.81. The van der Waals surface area contributed by atoms with Crippen LogP contribution in [0.25, 0.3) is 0 Å². The smallest absolute Gasteiger partial charge is 0.319 e. The van der Waals surface area contributed by atoms with Crippen LogP contribution in [-0.2, 0) is 0 Å². The first-order valence-electron chi connectivity index (χ1n) is 8.18. The molecule has 0 atom stereocenters. The molecule has 1 aromatic carbocycles. The molecule has 0 saturated carbocycles. The van der Waals surface area contributed by atoms with Crippen molar-refractivity contribution in [1.82, 2.24) is 10.2 Å². The third-order valence-corrected chi connectivity index (χ3v) is 5.17. The number of carbonyl (C=O) groups is 2. The zero-order chi connectivity index (χ0) is 17.8. The number of carbonyl (C=O) groups excluding carboxylic acids is 2. The number of anilines is 1. The molecule has 25 heavy (non-hydrogen) atoms. The lowest BCUT2D eigenvalue weighted by atomic mass is 10.0. The minimum absolute atomic E-state index is 0.0267. The van der Waals surface area contributed by atoms with E-state index < -0.39 is 0 Å². The zero-order valence-electron chi connectivity index (χ0n) is 13.9. The number of urea groups is 1. The van der Waals surface area contributed by atoms with Crippen molar-refractivity contribution in [3.05, 3.63) is 52.4 Å². The van der Waals surface area contributed by atoms with E-state index in [9.17, 15) is 9.59 Å². The summed E-state index contributed by atoms with van der Waals surface area (Å²) in [4.78, 5) is 26.2. The Morgan fingerprint density at radius 1 is 1.24 bits per heavy atom. The Balaban J connectivity index is 1.47. The summed E-state index contributed by atoms with van der Waals surface area (Å²) in [6.45, 7) is 3.22. The van der Waals surface area contributed by atoms with Crippen LogP contribution in [0.15, 0.2) is 45.7 Å². The monoisotopic (exact) mass is 405 g/mol. The molecule has 6 nitrogen and oxygen atoms in total. The van der Waals surface area contributed by atoms with E-state index in [0.29, 0.717) is 18.7 Å². The number of rotatable bonds is 3. The van der Waals surface area contributed by atoms with Crippen molar-refractivity contribution in [3.8, 4) is 0 Å². The molecule has 132 valence electrons. The van der Waals surface area contributed by atoms with Crippen molar-refractivity contribution in [2.24, 2.45) is 0 Å². The first-order valence-corrected chi connectivity index (χ1v) is 8.97. The molecular weight excluding hydrogens is 386 g/mol. The Morgan fingerprint density at radius 2 is 2.00 bits per heavy atom. The summed E-state index contributed by atoms with van der Waals surface area (Å²) >= 11 is 3.46. The Bertz CT molecular complexity index is 753. The molecule has 0 radical (unpaired) electrons. The van der Waals surface area contributed by atoms with Gasteiger partial charge in [-0.1, -0.05) is 22.0 Å². The molecule has 0 unspecified atom stereocenters. The predicted molar refractivity (Wildman–Crippen MR) is 98.7 cm³/mol. The molecular formula is C18H20BrN3O3. The van der Waals surface area contributed by atoms with Gasteiger partial charge in [-0.2, -0.15) is 0 Å². The molecule has 0 spiro atoms. The van der Waals surface area contributed by atoms with Gasteiger partial charge in [-0.3, -0.25) is 4.79 Å². The van der Waals surface area contributed by atoms with E-state index >= 15 is 0 Å². The Labute approximate surface area is 154 Å². The van der Waals surface area contributed by atoms with Crippen LogP contribution in [0, 0.1) is 6.92 Å². The molecule has 1 fully saturated rings. The number of furan rings is 1. The summed E-state index contributed by atoms with van der Waals surface area (Å²) in [5.74, 6) is -0.0267. The van der Waals surface area contributed by atoms with Crippen LogP contribution in [0.1, 0.15) is 28.8 Å². The van der Waals surface area contributed by atoms with Gasteiger partial charge in [0.1, 0.15) is 6.26 Å². The van der Waals surface area contributed by atoms with Gasteiger partial charge in [0.25, 0.3) is 5.91 Å². The molecule has 2 N–H and O–H groups in total. The van der Waals surface area contributed by atoms with Gasteiger partial charge in [-0.05, 0) is 43.5 Å². The summed E-state index contributed by atoms with van der Waals surface area (Å²) in [7, 11) is 0. The largest absolute Gasteiger partial charge is 0.472 e. The van der Waals surface area contributed by atoms with Crippen LogP contribution in [0.2, 0.25) is 0 Å². The average molecular weight is 406 g/mol. The van der Waals surface area contributed by atoms with Crippen molar-refractivity contribution in [2.75, 3.05) is 18.4 Å². The molecule has 1 saturated heterocycles. The number of hydrogen-bond acceptors (Lipinski definition) is 3. The average Bonchev–Trinajstić information content (AvgIpc) is 3.13. The van der Waals surface area contributed by atoms with E-state index in [1.54, 1.807) is 11.0 Å². The summed E-state index contributed by atoms with van der Waals surface area (Å²) in [5.41, 5.74) is 2.41. The third kappa shape index (κ3) is 4.42. The molecule has 0 aliphatic carbocycles. The number of nitrogens with zero attached hydrogens (tertiary/aromatic N) is 1. The fourth-order valence-electron chi connectivity index (χ4n) is 2.82. The summed E-state index contributed by atoms with van der Waals surface area (Å²) in [6, 6.07) is 7.18. The Kier molecular flexibility index (Phi) is 5.43. The van der Waals surface area contributed by atoms with E-state index in [1.165, 1.54) is 12.5 Å². The SMILES string of the molecule is Cc1ccc(NC(=O)NC2CCN(C(=O)c3ccoc3)CC2)cc1Br. The number of likely N-dealkylation sites (tertiary alicyclic amines) is 1. The topological polar surface area (TPSA) is 74.6 Å². The molecule has 3 amide bonds. The number of piperidine rings is 1. The Morgan fingerprint density at radius 3 is 2.64 bits per heavy atom. The van der Waals surface area contributed by atoms with Gasteiger partial charge < -0.3 is 20.0 Å². The van der Waals surface area contributed by atoms with Gasteiger partial charge in [0.15, 0.2) is 0 Å². The van der Waals surface area contributed by atoms with Crippen LogP contribution in [0.4, 0.5) is 10.5 Å². The van der Waals surface area contributed by atoms with Gasteiger partial charge in [0.05, 0.1) is 11.8 Å². The van der Waals surface area contributed by atoms with Gasteiger partial charge in [-0.25, -0.2) is 4.79 Å². The quantitative estimate of drug-likeness (QED) is 0.815. The second-order valence-corrected chi connectivity index (χ2v) is 7.00. The van der Waals surface area contributed by atoms with Crippen LogP contribution in [0.3, 0.4) is 0 Å². The number of hydrogen-bond donors (Lipinski definition) is 2. The third-order valence-electron chi connectivity index (χ3n) is 4.32. The van der Waals surface area contributed by atoms with E-state index in [1.807, 2.05) is 25.1 Å².